The van der Waals surface area contributed by atoms with Crippen molar-refractivity contribution in [3.8, 4) is 0 Å². The second-order valence-electron chi connectivity index (χ2n) is 4.42. The van der Waals surface area contributed by atoms with Crippen LogP contribution in [0.1, 0.15) is 12.8 Å². The van der Waals surface area contributed by atoms with E-state index in [-0.39, 0.29) is 5.56 Å². The molecule has 16 heavy (non-hydrogen) atoms. The summed E-state index contributed by atoms with van der Waals surface area (Å²) in [5.74, 6) is 1.36. The normalized spacial score (nSPS) is 18.6. The van der Waals surface area contributed by atoms with Gasteiger partial charge in [-0.25, -0.2) is 4.98 Å². The molecule has 0 unspecified atom stereocenters. The molecular formula is C11H18N4O. The van der Waals surface area contributed by atoms with Crippen LogP contribution >= 0.6 is 0 Å². The van der Waals surface area contributed by atoms with Crippen molar-refractivity contribution in [3.05, 3.63) is 22.7 Å². The summed E-state index contributed by atoms with van der Waals surface area (Å²) in [4.78, 5) is 20.0. The number of nitrogens with zero attached hydrogens (tertiary/aromatic N) is 2. The average molecular weight is 222 g/mol. The molecule has 2 heterocycles. The molecule has 0 radical (unpaired) electrons. The predicted octanol–water partition coefficient (Wildman–Crippen LogP) is 0.524. The van der Waals surface area contributed by atoms with Crippen LogP contribution in [0.3, 0.4) is 0 Å². The molecule has 0 saturated carbocycles. The lowest BCUT2D eigenvalue weighted by Gasteiger charge is -2.29. The van der Waals surface area contributed by atoms with Gasteiger partial charge in [0.05, 0.1) is 6.33 Å². The summed E-state index contributed by atoms with van der Waals surface area (Å²) in [6.45, 7) is 3.23. The minimum Gasteiger partial charge on any atom is -0.370 e. The summed E-state index contributed by atoms with van der Waals surface area (Å²) in [5.41, 5.74) is -0.110. The van der Waals surface area contributed by atoms with E-state index in [1.54, 1.807) is 0 Å². The van der Waals surface area contributed by atoms with E-state index in [2.05, 4.69) is 27.2 Å². The first-order chi connectivity index (χ1) is 7.74. The molecule has 5 heteroatoms. The number of aromatic amines is 1. The molecule has 0 amide bonds. The lowest BCUT2D eigenvalue weighted by molar-refractivity contribution is 0.226. The second kappa shape index (κ2) is 5.12. The zero-order chi connectivity index (χ0) is 11.4. The van der Waals surface area contributed by atoms with Crippen LogP contribution in [0, 0.1) is 5.92 Å². The quantitative estimate of drug-likeness (QED) is 0.783. The fraction of sp³-hybridized carbons (Fsp3) is 0.636. The van der Waals surface area contributed by atoms with E-state index in [4.69, 9.17) is 0 Å². The van der Waals surface area contributed by atoms with Crippen LogP contribution in [0.15, 0.2) is 17.2 Å². The molecular weight excluding hydrogens is 204 g/mol. The number of H-pyrrole nitrogens is 1. The number of likely N-dealkylation sites (tertiary alicyclic amines) is 1. The van der Waals surface area contributed by atoms with Crippen molar-refractivity contribution < 1.29 is 0 Å². The van der Waals surface area contributed by atoms with E-state index in [0.717, 1.165) is 19.6 Å². The molecule has 0 aliphatic carbocycles. The molecule has 1 fully saturated rings. The van der Waals surface area contributed by atoms with Crippen LogP contribution in [-0.4, -0.2) is 41.5 Å². The van der Waals surface area contributed by atoms with Gasteiger partial charge in [-0.2, -0.15) is 0 Å². The molecule has 0 atom stereocenters. The van der Waals surface area contributed by atoms with Crippen molar-refractivity contribution in [1.82, 2.24) is 14.9 Å². The summed E-state index contributed by atoms with van der Waals surface area (Å²) < 4.78 is 0. The third kappa shape index (κ3) is 3.06. The van der Waals surface area contributed by atoms with E-state index >= 15 is 0 Å². The van der Waals surface area contributed by atoms with Gasteiger partial charge in [-0.1, -0.05) is 0 Å². The van der Waals surface area contributed by atoms with E-state index in [0.29, 0.717) is 11.7 Å². The molecule has 2 N–H and O–H groups in total. The maximum Gasteiger partial charge on any atom is 0.252 e. The number of aromatic nitrogens is 2. The van der Waals surface area contributed by atoms with Gasteiger partial charge in [0.25, 0.3) is 5.56 Å². The molecule has 0 bridgehead atoms. The first-order valence-corrected chi connectivity index (χ1v) is 5.71. The Morgan fingerprint density at radius 1 is 1.56 bits per heavy atom. The van der Waals surface area contributed by atoms with E-state index in [1.807, 2.05) is 0 Å². The maximum absolute atomic E-state index is 11.0. The molecule has 1 aliphatic rings. The van der Waals surface area contributed by atoms with Crippen LogP contribution < -0.4 is 10.9 Å². The topological polar surface area (TPSA) is 61.0 Å². The number of nitrogens with one attached hydrogen (secondary N) is 2. The fourth-order valence-corrected chi connectivity index (χ4v) is 1.98. The number of anilines is 1. The number of hydrogen-bond acceptors (Lipinski definition) is 4. The van der Waals surface area contributed by atoms with Crippen LogP contribution in [0.5, 0.6) is 0 Å². The Hall–Kier alpha value is -1.36. The molecule has 1 aromatic rings. The Morgan fingerprint density at radius 2 is 2.31 bits per heavy atom. The summed E-state index contributed by atoms with van der Waals surface area (Å²) in [6, 6.07) is 1.49. The van der Waals surface area contributed by atoms with Crippen molar-refractivity contribution in [3.63, 3.8) is 0 Å². The van der Waals surface area contributed by atoms with Crippen LogP contribution in [-0.2, 0) is 0 Å². The number of piperidine rings is 1. The highest BCUT2D eigenvalue weighted by Gasteiger charge is 2.16. The molecule has 88 valence electrons. The molecule has 1 aliphatic heterocycles. The Labute approximate surface area is 94.9 Å². The Morgan fingerprint density at radius 3 is 3.00 bits per heavy atom. The van der Waals surface area contributed by atoms with Gasteiger partial charge in [0.15, 0.2) is 0 Å². The van der Waals surface area contributed by atoms with E-state index < -0.39 is 0 Å². The van der Waals surface area contributed by atoms with E-state index in [9.17, 15) is 4.79 Å². The largest absolute Gasteiger partial charge is 0.370 e. The second-order valence-corrected chi connectivity index (χ2v) is 4.42. The van der Waals surface area contributed by atoms with Crippen LogP contribution in [0.2, 0.25) is 0 Å². The maximum atomic E-state index is 11.0. The van der Waals surface area contributed by atoms with Crippen molar-refractivity contribution in [1.29, 1.82) is 0 Å². The first-order valence-electron chi connectivity index (χ1n) is 5.71. The highest BCUT2D eigenvalue weighted by atomic mass is 16.1. The van der Waals surface area contributed by atoms with Gasteiger partial charge in [-0.05, 0) is 38.9 Å². The minimum absolute atomic E-state index is 0.110. The van der Waals surface area contributed by atoms with Crippen molar-refractivity contribution >= 4 is 5.82 Å². The first kappa shape index (κ1) is 11.1. The molecule has 0 spiro atoms. The lowest BCUT2D eigenvalue weighted by Crippen LogP contribution is -2.33. The number of rotatable bonds is 3. The van der Waals surface area contributed by atoms with Gasteiger partial charge in [-0.15, -0.1) is 0 Å². The monoisotopic (exact) mass is 222 g/mol. The zero-order valence-corrected chi connectivity index (χ0v) is 9.57. The van der Waals surface area contributed by atoms with Gasteiger partial charge < -0.3 is 15.2 Å². The Balaban J connectivity index is 1.81. The molecule has 1 saturated heterocycles. The van der Waals surface area contributed by atoms with Gasteiger partial charge >= 0.3 is 0 Å². The van der Waals surface area contributed by atoms with Gasteiger partial charge in [0.1, 0.15) is 5.82 Å². The van der Waals surface area contributed by atoms with Gasteiger partial charge in [0, 0.05) is 12.6 Å². The minimum atomic E-state index is -0.110. The average Bonchev–Trinajstić information content (AvgIpc) is 2.28. The molecule has 5 nitrogen and oxygen atoms in total. The lowest BCUT2D eigenvalue weighted by atomic mass is 9.97. The Kier molecular flexibility index (Phi) is 3.56. The van der Waals surface area contributed by atoms with Crippen molar-refractivity contribution in [2.75, 3.05) is 32.0 Å². The highest BCUT2D eigenvalue weighted by Crippen LogP contribution is 2.15. The Bertz CT molecular complexity index is 382. The van der Waals surface area contributed by atoms with Gasteiger partial charge in [0.2, 0.25) is 0 Å². The van der Waals surface area contributed by atoms with Crippen LogP contribution in [0.4, 0.5) is 5.82 Å². The van der Waals surface area contributed by atoms with Gasteiger partial charge in [-0.3, -0.25) is 4.79 Å². The summed E-state index contributed by atoms with van der Waals surface area (Å²) in [5, 5.41) is 3.22. The zero-order valence-electron chi connectivity index (χ0n) is 9.57. The third-order valence-electron chi connectivity index (χ3n) is 3.09. The van der Waals surface area contributed by atoms with Crippen LogP contribution in [0.25, 0.3) is 0 Å². The van der Waals surface area contributed by atoms with Crippen molar-refractivity contribution in [2.24, 2.45) is 5.92 Å². The summed E-state index contributed by atoms with van der Waals surface area (Å²) in [6.07, 6.45) is 3.86. The highest BCUT2D eigenvalue weighted by molar-refractivity contribution is 5.31. The molecule has 1 aromatic heterocycles. The van der Waals surface area contributed by atoms with Crippen molar-refractivity contribution in [2.45, 2.75) is 12.8 Å². The molecule has 2 rings (SSSR count). The SMILES string of the molecule is CN1CCC(CNc2cc(=O)[nH]cn2)CC1. The third-order valence-corrected chi connectivity index (χ3v) is 3.09. The number of hydrogen-bond donors (Lipinski definition) is 2. The predicted molar refractivity (Wildman–Crippen MR) is 63.6 cm³/mol. The summed E-state index contributed by atoms with van der Waals surface area (Å²) >= 11 is 0. The van der Waals surface area contributed by atoms with E-state index in [1.165, 1.54) is 25.2 Å². The summed E-state index contributed by atoms with van der Waals surface area (Å²) in [7, 11) is 2.15. The molecule has 0 aromatic carbocycles. The fourth-order valence-electron chi connectivity index (χ4n) is 1.98. The standard InChI is InChI=1S/C11H18N4O/c1-15-4-2-9(3-5-15)7-12-10-6-11(16)14-8-13-10/h6,8-9H,2-5,7H2,1H3,(H2,12,13,14,16). The smallest absolute Gasteiger partial charge is 0.252 e.